The largest absolute Gasteiger partial charge is 0.382 e. The van der Waals surface area contributed by atoms with Crippen LogP contribution in [-0.4, -0.2) is 14.5 Å². The maximum atomic E-state index is 10.6. The minimum Gasteiger partial charge on any atom is -0.382 e. The number of hydrogen-bond donors (Lipinski definition) is 1. The molecule has 0 aliphatic carbocycles. The summed E-state index contributed by atoms with van der Waals surface area (Å²) in [5.41, 5.74) is 5.99. The van der Waals surface area contributed by atoms with Gasteiger partial charge < -0.3 is 9.51 Å². The van der Waals surface area contributed by atoms with Gasteiger partial charge in [-0.15, -0.1) is 0 Å². The van der Waals surface area contributed by atoms with Gasteiger partial charge in [-0.3, -0.25) is 0 Å². The number of fused-ring (bicyclic) bond motifs is 1. The molecular weight excluding hydrogens is 248 g/mol. The lowest BCUT2D eigenvalue weighted by Crippen LogP contribution is -2.03. The first-order chi connectivity index (χ1) is 9.56. The van der Waals surface area contributed by atoms with E-state index < -0.39 is 6.10 Å². The summed E-state index contributed by atoms with van der Waals surface area (Å²) in [6.45, 7) is 6.18. The van der Waals surface area contributed by atoms with Crippen molar-refractivity contribution in [3.05, 3.63) is 70.7 Å². The number of aliphatic hydroxyl groups is 1. The summed E-state index contributed by atoms with van der Waals surface area (Å²) in [6, 6.07) is 10.00. The molecule has 20 heavy (non-hydrogen) atoms. The number of rotatable bonds is 2. The van der Waals surface area contributed by atoms with Crippen LogP contribution in [0.15, 0.2) is 42.7 Å². The fourth-order valence-corrected chi connectivity index (χ4v) is 2.52. The molecule has 0 saturated carbocycles. The number of imidazole rings is 1. The lowest BCUT2D eigenvalue weighted by atomic mass is 9.96. The lowest BCUT2D eigenvalue weighted by Gasteiger charge is -2.14. The van der Waals surface area contributed by atoms with Gasteiger partial charge >= 0.3 is 0 Å². The van der Waals surface area contributed by atoms with Crippen LogP contribution in [0.2, 0.25) is 0 Å². The van der Waals surface area contributed by atoms with Gasteiger partial charge in [0.1, 0.15) is 11.8 Å². The summed E-state index contributed by atoms with van der Waals surface area (Å²) in [7, 11) is 0. The monoisotopic (exact) mass is 266 g/mol. The highest BCUT2D eigenvalue weighted by atomic mass is 16.3. The van der Waals surface area contributed by atoms with Crippen LogP contribution in [0, 0.1) is 20.8 Å². The molecule has 0 aliphatic heterocycles. The smallest absolute Gasteiger partial charge is 0.137 e. The van der Waals surface area contributed by atoms with E-state index in [1.54, 1.807) is 0 Å². The maximum Gasteiger partial charge on any atom is 0.137 e. The summed E-state index contributed by atoms with van der Waals surface area (Å²) >= 11 is 0. The van der Waals surface area contributed by atoms with Gasteiger partial charge in [-0.05, 0) is 55.2 Å². The summed E-state index contributed by atoms with van der Waals surface area (Å²) in [5, 5.41) is 10.6. The van der Waals surface area contributed by atoms with Crippen molar-refractivity contribution >= 4 is 5.65 Å². The first kappa shape index (κ1) is 12.9. The Morgan fingerprint density at radius 2 is 1.80 bits per heavy atom. The Morgan fingerprint density at radius 1 is 1.05 bits per heavy atom. The zero-order valence-electron chi connectivity index (χ0n) is 12.0. The molecule has 0 saturated heterocycles. The van der Waals surface area contributed by atoms with E-state index in [4.69, 9.17) is 0 Å². The maximum absolute atomic E-state index is 10.6. The second-order valence-corrected chi connectivity index (χ2v) is 5.33. The Labute approximate surface area is 118 Å². The molecule has 0 amide bonds. The fourth-order valence-electron chi connectivity index (χ4n) is 2.52. The molecule has 0 radical (unpaired) electrons. The quantitative estimate of drug-likeness (QED) is 0.772. The standard InChI is InChI=1S/C17H18N2O/c1-11-8-13(3)14(9-12(11)2)17(20)15-10-19-7-5-4-6-16(19)18-15/h4-10,17,20H,1-3H3. The average molecular weight is 266 g/mol. The van der Waals surface area contributed by atoms with Crippen LogP contribution in [0.3, 0.4) is 0 Å². The predicted octanol–water partition coefficient (Wildman–Crippen LogP) is 3.34. The summed E-state index contributed by atoms with van der Waals surface area (Å²) < 4.78 is 1.93. The van der Waals surface area contributed by atoms with Crippen molar-refractivity contribution in [3.63, 3.8) is 0 Å². The highest BCUT2D eigenvalue weighted by Gasteiger charge is 2.17. The number of pyridine rings is 1. The van der Waals surface area contributed by atoms with Crippen LogP contribution >= 0.6 is 0 Å². The second kappa shape index (κ2) is 4.76. The van der Waals surface area contributed by atoms with Crippen LogP contribution < -0.4 is 0 Å². The van der Waals surface area contributed by atoms with Gasteiger partial charge in [0, 0.05) is 12.4 Å². The van der Waals surface area contributed by atoms with Crippen molar-refractivity contribution in [3.8, 4) is 0 Å². The second-order valence-electron chi connectivity index (χ2n) is 5.33. The van der Waals surface area contributed by atoms with Gasteiger partial charge in [0.2, 0.25) is 0 Å². The Morgan fingerprint density at radius 3 is 2.55 bits per heavy atom. The van der Waals surface area contributed by atoms with Gasteiger partial charge in [-0.1, -0.05) is 18.2 Å². The fraction of sp³-hybridized carbons (Fsp3) is 0.235. The van der Waals surface area contributed by atoms with Crippen LogP contribution in [0.5, 0.6) is 0 Å². The van der Waals surface area contributed by atoms with Crippen molar-refractivity contribution in [2.45, 2.75) is 26.9 Å². The Kier molecular flexibility index (Phi) is 3.07. The number of aryl methyl sites for hydroxylation is 3. The van der Waals surface area contributed by atoms with E-state index in [0.717, 1.165) is 16.8 Å². The van der Waals surface area contributed by atoms with E-state index in [1.165, 1.54) is 11.1 Å². The number of hydrogen-bond acceptors (Lipinski definition) is 2. The molecule has 3 rings (SSSR count). The summed E-state index contributed by atoms with van der Waals surface area (Å²) in [5.74, 6) is 0. The van der Waals surface area contributed by atoms with Gasteiger partial charge in [0.25, 0.3) is 0 Å². The molecular formula is C17H18N2O. The third kappa shape index (κ3) is 2.10. The van der Waals surface area contributed by atoms with E-state index in [1.807, 2.05) is 41.9 Å². The summed E-state index contributed by atoms with van der Waals surface area (Å²) in [6.07, 6.45) is 3.13. The predicted molar refractivity (Wildman–Crippen MR) is 79.9 cm³/mol. The molecule has 2 heterocycles. The van der Waals surface area contributed by atoms with Gasteiger partial charge in [0.15, 0.2) is 0 Å². The molecule has 1 aromatic carbocycles. The topological polar surface area (TPSA) is 37.5 Å². The van der Waals surface area contributed by atoms with E-state index in [-0.39, 0.29) is 0 Å². The molecule has 2 aromatic heterocycles. The zero-order chi connectivity index (χ0) is 14.3. The Balaban J connectivity index is 2.07. The van der Waals surface area contributed by atoms with E-state index in [0.29, 0.717) is 5.69 Å². The Bertz CT molecular complexity index is 741. The van der Waals surface area contributed by atoms with E-state index in [9.17, 15) is 5.11 Å². The van der Waals surface area contributed by atoms with Crippen LogP contribution in [-0.2, 0) is 0 Å². The van der Waals surface area contributed by atoms with E-state index >= 15 is 0 Å². The third-order valence-corrected chi connectivity index (χ3v) is 3.84. The molecule has 0 aliphatic rings. The number of aliphatic hydroxyl groups excluding tert-OH is 1. The molecule has 3 nitrogen and oxygen atoms in total. The minimum atomic E-state index is -0.686. The van der Waals surface area contributed by atoms with E-state index in [2.05, 4.69) is 31.0 Å². The molecule has 0 bridgehead atoms. The lowest BCUT2D eigenvalue weighted by molar-refractivity contribution is 0.215. The Hall–Kier alpha value is -2.13. The first-order valence-electron chi connectivity index (χ1n) is 6.75. The first-order valence-corrected chi connectivity index (χ1v) is 6.75. The van der Waals surface area contributed by atoms with Crippen molar-refractivity contribution < 1.29 is 5.11 Å². The molecule has 0 fully saturated rings. The van der Waals surface area contributed by atoms with Crippen LogP contribution in [0.25, 0.3) is 5.65 Å². The molecule has 3 heteroatoms. The van der Waals surface area contributed by atoms with Crippen molar-refractivity contribution in [1.29, 1.82) is 0 Å². The van der Waals surface area contributed by atoms with Crippen molar-refractivity contribution in [2.75, 3.05) is 0 Å². The van der Waals surface area contributed by atoms with Gasteiger partial charge in [-0.25, -0.2) is 4.98 Å². The molecule has 1 atom stereocenters. The van der Waals surface area contributed by atoms with Crippen molar-refractivity contribution in [1.82, 2.24) is 9.38 Å². The molecule has 1 unspecified atom stereocenters. The molecule has 1 N–H and O–H groups in total. The normalized spacial score (nSPS) is 12.8. The molecule has 0 spiro atoms. The molecule has 3 aromatic rings. The zero-order valence-corrected chi connectivity index (χ0v) is 12.0. The van der Waals surface area contributed by atoms with Crippen LogP contribution in [0.4, 0.5) is 0 Å². The van der Waals surface area contributed by atoms with Gasteiger partial charge in [0.05, 0.1) is 5.69 Å². The average Bonchev–Trinajstić information content (AvgIpc) is 2.86. The molecule has 102 valence electrons. The SMILES string of the molecule is Cc1cc(C)c(C(O)c2cn3ccccc3n2)cc1C. The number of aromatic nitrogens is 2. The third-order valence-electron chi connectivity index (χ3n) is 3.84. The number of benzene rings is 1. The van der Waals surface area contributed by atoms with Crippen LogP contribution in [0.1, 0.15) is 34.1 Å². The van der Waals surface area contributed by atoms with Crippen molar-refractivity contribution in [2.24, 2.45) is 0 Å². The minimum absolute atomic E-state index is 0.683. The highest BCUT2D eigenvalue weighted by molar-refractivity contribution is 5.44. The number of nitrogens with zero attached hydrogens (tertiary/aromatic N) is 2. The van der Waals surface area contributed by atoms with Gasteiger partial charge in [-0.2, -0.15) is 0 Å². The highest BCUT2D eigenvalue weighted by Crippen LogP contribution is 2.26. The summed E-state index contributed by atoms with van der Waals surface area (Å²) in [4.78, 5) is 4.50.